The molecule has 0 bridgehead atoms. The second-order valence-electron chi connectivity index (χ2n) is 5.54. The average molecular weight is 197 g/mol. The van der Waals surface area contributed by atoms with Crippen LogP contribution in [0.15, 0.2) is 0 Å². The SMILES string of the molecule is CC(C)(C)C(=O)C(N)C1CCCCC1. The van der Waals surface area contributed by atoms with Gasteiger partial charge in [-0.2, -0.15) is 0 Å². The molecule has 0 aliphatic heterocycles. The molecule has 0 amide bonds. The number of hydrogen-bond acceptors (Lipinski definition) is 2. The minimum Gasteiger partial charge on any atom is -0.321 e. The van der Waals surface area contributed by atoms with Crippen LogP contribution in [0.1, 0.15) is 52.9 Å². The molecule has 0 saturated heterocycles. The average Bonchev–Trinajstić information content (AvgIpc) is 2.15. The fraction of sp³-hybridized carbons (Fsp3) is 0.917. The Morgan fingerprint density at radius 1 is 1.21 bits per heavy atom. The van der Waals surface area contributed by atoms with Gasteiger partial charge in [0.15, 0.2) is 5.78 Å². The van der Waals surface area contributed by atoms with Crippen molar-refractivity contribution in [3.63, 3.8) is 0 Å². The van der Waals surface area contributed by atoms with Crippen molar-refractivity contribution in [2.45, 2.75) is 58.9 Å². The maximum Gasteiger partial charge on any atom is 0.155 e. The number of carbonyl (C=O) groups is 1. The predicted molar refractivity (Wildman–Crippen MR) is 59.0 cm³/mol. The predicted octanol–water partition coefficient (Wildman–Crippen LogP) is 2.51. The van der Waals surface area contributed by atoms with Gasteiger partial charge in [0.05, 0.1) is 6.04 Å². The van der Waals surface area contributed by atoms with Crippen molar-refractivity contribution in [1.82, 2.24) is 0 Å². The van der Waals surface area contributed by atoms with Gasteiger partial charge >= 0.3 is 0 Å². The molecule has 0 aromatic carbocycles. The highest BCUT2D eigenvalue weighted by Crippen LogP contribution is 2.29. The number of Topliss-reactive ketones (excluding diaryl/α,β-unsaturated/α-hetero) is 1. The van der Waals surface area contributed by atoms with Crippen molar-refractivity contribution in [2.24, 2.45) is 17.1 Å². The third kappa shape index (κ3) is 2.81. The number of carbonyl (C=O) groups excluding carboxylic acids is 1. The van der Waals surface area contributed by atoms with Crippen LogP contribution >= 0.6 is 0 Å². The molecule has 2 heteroatoms. The molecule has 0 aromatic rings. The maximum atomic E-state index is 11.9. The van der Waals surface area contributed by atoms with Gasteiger partial charge < -0.3 is 5.73 Å². The molecule has 82 valence electrons. The molecule has 2 nitrogen and oxygen atoms in total. The summed E-state index contributed by atoms with van der Waals surface area (Å²) in [5, 5.41) is 0. The summed E-state index contributed by atoms with van der Waals surface area (Å²) in [6.45, 7) is 5.87. The van der Waals surface area contributed by atoms with Crippen molar-refractivity contribution in [2.75, 3.05) is 0 Å². The van der Waals surface area contributed by atoms with Gasteiger partial charge in [0, 0.05) is 5.41 Å². The largest absolute Gasteiger partial charge is 0.321 e. The van der Waals surface area contributed by atoms with E-state index < -0.39 is 0 Å². The lowest BCUT2D eigenvalue weighted by Gasteiger charge is -2.30. The Hall–Kier alpha value is -0.370. The van der Waals surface area contributed by atoms with Crippen LogP contribution in [0.3, 0.4) is 0 Å². The summed E-state index contributed by atoms with van der Waals surface area (Å²) in [6.07, 6.45) is 6.09. The van der Waals surface area contributed by atoms with Crippen LogP contribution in [0.25, 0.3) is 0 Å². The second-order valence-corrected chi connectivity index (χ2v) is 5.54. The van der Waals surface area contributed by atoms with Gasteiger partial charge in [-0.15, -0.1) is 0 Å². The van der Waals surface area contributed by atoms with Gasteiger partial charge in [-0.05, 0) is 18.8 Å². The third-order valence-electron chi connectivity index (χ3n) is 3.20. The van der Waals surface area contributed by atoms with E-state index in [0.717, 1.165) is 12.8 Å². The molecule has 1 atom stereocenters. The fourth-order valence-electron chi connectivity index (χ4n) is 2.21. The summed E-state index contributed by atoms with van der Waals surface area (Å²) in [5.74, 6) is 0.667. The monoisotopic (exact) mass is 197 g/mol. The van der Waals surface area contributed by atoms with E-state index >= 15 is 0 Å². The lowest BCUT2D eigenvalue weighted by atomic mass is 9.76. The van der Waals surface area contributed by atoms with Crippen molar-refractivity contribution < 1.29 is 4.79 Å². The van der Waals surface area contributed by atoms with Gasteiger partial charge in [0.25, 0.3) is 0 Å². The van der Waals surface area contributed by atoms with E-state index in [0.29, 0.717) is 5.92 Å². The number of hydrogen-bond donors (Lipinski definition) is 1. The summed E-state index contributed by atoms with van der Waals surface area (Å²) < 4.78 is 0. The molecule has 1 fully saturated rings. The Balaban J connectivity index is 2.55. The normalized spacial score (nSPS) is 22.0. The lowest BCUT2D eigenvalue weighted by Crippen LogP contribution is -2.44. The van der Waals surface area contributed by atoms with Crippen LogP contribution in [0.2, 0.25) is 0 Å². The quantitative estimate of drug-likeness (QED) is 0.739. The molecular weight excluding hydrogens is 174 g/mol. The topological polar surface area (TPSA) is 43.1 Å². The van der Waals surface area contributed by atoms with Crippen LogP contribution in [0.4, 0.5) is 0 Å². The van der Waals surface area contributed by atoms with Crippen LogP contribution < -0.4 is 5.73 Å². The van der Waals surface area contributed by atoms with Crippen LogP contribution in [-0.4, -0.2) is 11.8 Å². The zero-order chi connectivity index (χ0) is 10.8. The molecule has 0 aromatic heterocycles. The smallest absolute Gasteiger partial charge is 0.155 e. The van der Waals surface area contributed by atoms with Gasteiger partial charge in [-0.3, -0.25) is 4.79 Å². The molecular formula is C12H23NO. The van der Waals surface area contributed by atoms with Gasteiger partial charge in [0.1, 0.15) is 0 Å². The molecule has 1 aliphatic carbocycles. The highest BCUT2D eigenvalue weighted by Gasteiger charge is 2.32. The minimum atomic E-state index is -0.281. The highest BCUT2D eigenvalue weighted by molar-refractivity contribution is 5.88. The van der Waals surface area contributed by atoms with Crippen molar-refractivity contribution in [1.29, 1.82) is 0 Å². The number of ketones is 1. The Bertz CT molecular complexity index is 199. The molecule has 2 N–H and O–H groups in total. The molecule has 1 saturated carbocycles. The first-order chi connectivity index (χ1) is 6.43. The molecule has 1 unspecified atom stereocenters. The molecule has 0 spiro atoms. The van der Waals surface area contributed by atoms with Gasteiger partial charge in [-0.1, -0.05) is 40.0 Å². The molecule has 14 heavy (non-hydrogen) atoms. The lowest BCUT2D eigenvalue weighted by molar-refractivity contribution is -0.129. The first kappa shape index (κ1) is 11.7. The Morgan fingerprint density at radius 2 is 1.71 bits per heavy atom. The molecule has 0 heterocycles. The van der Waals surface area contributed by atoms with E-state index in [1.807, 2.05) is 20.8 Å². The zero-order valence-electron chi connectivity index (χ0n) is 9.68. The zero-order valence-corrected chi connectivity index (χ0v) is 9.68. The fourth-order valence-corrected chi connectivity index (χ4v) is 2.21. The van der Waals surface area contributed by atoms with Gasteiger partial charge in [0.2, 0.25) is 0 Å². The van der Waals surface area contributed by atoms with E-state index in [1.165, 1.54) is 19.3 Å². The number of rotatable bonds is 2. The van der Waals surface area contributed by atoms with E-state index in [9.17, 15) is 4.79 Å². The first-order valence-electron chi connectivity index (χ1n) is 5.73. The van der Waals surface area contributed by atoms with Crippen LogP contribution in [-0.2, 0) is 4.79 Å². The summed E-state index contributed by atoms with van der Waals surface area (Å²) in [7, 11) is 0. The second kappa shape index (κ2) is 4.43. The van der Waals surface area contributed by atoms with E-state index in [2.05, 4.69) is 0 Å². The minimum absolute atomic E-state index is 0.226. The van der Waals surface area contributed by atoms with Crippen molar-refractivity contribution in [3.8, 4) is 0 Å². The van der Waals surface area contributed by atoms with E-state index in [-0.39, 0.29) is 17.2 Å². The van der Waals surface area contributed by atoms with Crippen LogP contribution in [0.5, 0.6) is 0 Å². The number of nitrogens with two attached hydrogens (primary N) is 1. The standard InChI is InChI=1S/C12H23NO/c1-12(2,3)11(14)10(13)9-7-5-4-6-8-9/h9-10H,4-8,13H2,1-3H3. The Labute approximate surface area is 87.2 Å². The van der Waals surface area contributed by atoms with Gasteiger partial charge in [-0.25, -0.2) is 0 Å². The third-order valence-corrected chi connectivity index (χ3v) is 3.20. The van der Waals surface area contributed by atoms with Crippen LogP contribution in [0, 0.1) is 11.3 Å². The van der Waals surface area contributed by atoms with Crippen molar-refractivity contribution in [3.05, 3.63) is 0 Å². The molecule has 1 aliphatic rings. The molecule has 0 radical (unpaired) electrons. The summed E-state index contributed by atoms with van der Waals surface area (Å²) >= 11 is 0. The van der Waals surface area contributed by atoms with Crippen molar-refractivity contribution >= 4 is 5.78 Å². The molecule has 1 rings (SSSR count). The highest BCUT2D eigenvalue weighted by atomic mass is 16.1. The maximum absolute atomic E-state index is 11.9. The summed E-state index contributed by atoms with van der Waals surface area (Å²) in [4.78, 5) is 11.9. The summed E-state index contributed by atoms with van der Waals surface area (Å²) in [6, 6.07) is -0.227. The van der Waals surface area contributed by atoms with E-state index in [1.54, 1.807) is 0 Å². The first-order valence-corrected chi connectivity index (χ1v) is 5.73. The Morgan fingerprint density at radius 3 is 2.14 bits per heavy atom. The Kier molecular flexibility index (Phi) is 3.71. The summed E-state index contributed by atoms with van der Waals surface area (Å²) in [5.41, 5.74) is 5.75. The van der Waals surface area contributed by atoms with E-state index in [4.69, 9.17) is 5.73 Å².